The maximum absolute atomic E-state index is 12.7. The molecule has 140 valence electrons. The summed E-state index contributed by atoms with van der Waals surface area (Å²) in [6.07, 6.45) is 4.70. The van der Waals surface area contributed by atoms with E-state index in [9.17, 15) is 4.79 Å². The molecule has 6 heteroatoms. The number of anilines is 1. The quantitative estimate of drug-likeness (QED) is 0.741. The number of nitrogens with one attached hydrogen (secondary N) is 2. The Labute approximate surface area is 164 Å². The summed E-state index contributed by atoms with van der Waals surface area (Å²) in [7, 11) is 1.62. The van der Waals surface area contributed by atoms with Crippen molar-refractivity contribution in [2.24, 2.45) is 5.92 Å². The molecule has 1 unspecified atom stereocenters. The number of Topliss-reactive ketones (excluding diaryl/α,β-unsaturated/α-hetero) is 1. The van der Waals surface area contributed by atoms with E-state index in [1.165, 1.54) is 0 Å². The van der Waals surface area contributed by atoms with Crippen LogP contribution >= 0.6 is 12.2 Å². The van der Waals surface area contributed by atoms with Crippen molar-refractivity contribution in [3.63, 3.8) is 0 Å². The van der Waals surface area contributed by atoms with Crippen LogP contribution in [0.15, 0.2) is 60.1 Å². The van der Waals surface area contributed by atoms with Gasteiger partial charge in [-0.2, -0.15) is 0 Å². The molecule has 0 amide bonds. The molecule has 0 radical (unpaired) electrons. The van der Waals surface area contributed by atoms with E-state index < -0.39 is 0 Å². The van der Waals surface area contributed by atoms with Crippen LogP contribution in [0, 0.1) is 5.92 Å². The molecule has 1 aromatic carbocycles. The Hall–Kier alpha value is -2.73. The first-order valence-electron chi connectivity index (χ1n) is 8.92. The number of methoxy groups -OCH3 is 1. The molecule has 3 rings (SSSR count). The summed E-state index contributed by atoms with van der Waals surface area (Å²) in [4.78, 5) is 17.3. The minimum Gasteiger partial charge on any atom is -0.495 e. The van der Waals surface area contributed by atoms with Gasteiger partial charge in [-0.05, 0) is 30.5 Å². The number of hydrogen-bond donors (Lipinski definition) is 2. The van der Waals surface area contributed by atoms with Crippen molar-refractivity contribution in [3.05, 3.63) is 65.6 Å². The van der Waals surface area contributed by atoms with Crippen molar-refractivity contribution >= 4 is 28.7 Å². The van der Waals surface area contributed by atoms with E-state index in [1.54, 1.807) is 19.5 Å². The van der Waals surface area contributed by atoms with Gasteiger partial charge in [-0.15, -0.1) is 0 Å². The van der Waals surface area contributed by atoms with E-state index >= 15 is 0 Å². The summed E-state index contributed by atoms with van der Waals surface area (Å²) in [6, 6.07) is 11.6. The van der Waals surface area contributed by atoms with E-state index in [4.69, 9.17) is 17.0 Å². The molecular formula is C21H23N3O2S. The van der Waals surface area contributed by atoms with Crippen molar-refractivity contribution in [1.82, 2.24) is 10.3 Å². The molecule has 1 aliphatic carbocycles. The van der Waals surface area contributed by atoms with E-state index in [0.29, 0.717) is 29.3 Å². The smallest absolute Gasteiger partial charge is 0.167 e. The molecule has 2 aromatic rings. The monoisotopic (exact) mass is 381 g/mol. The largest absolute Gasteiger partial charge is 0.495 e. The normalized spacial score (nSPS) is 16.8. The zero-order chi connectivity index (χ0) is 19.2. The number of rotatable bonds is 6. The predicted molar refractivity (Wildman–Crippen MR) is 111 cm³/mol. The molecule has 0 saturated heterocycles. The highest BCUT2D eigenvalue weighted by Gasteiger charge is 2.28. The Balaban J connectivity index is 1.83. The maximum atomic E-state index is 12.7. The molecule has 5 nitrogen and oxygen atoms in total. The van der Waals surface area contributed by atoms with Gasteiger partial charge >= 0.3 is 0 Å². The molecule has 0 spiro atoms. The maximum Gasteiger partial charge on any atom is 0.167 e. The molecule has 0 bridgehead atoms. The number of thiocarbonyl (C=S) groups is 1. The number of ether oxygens (including phenoxy) is 1. The Kier molecular flexibility index (Phi) is 6.19. The van der Waals surface area contributed by atoms with Gasteiger partial charge in [0.05, 0.1) is 18.9 Å². The summed E-state index contributed by atoms with van der Waals surface area (Å²) in [5.41, 5.74) is 3.31. The molecule has 2 N–H and O–H groups in total. The van der Waals surface area contributed by atoms with Crippen LogP contribution in [0.1, 0.15) is 25.3 Å². The van der Waals surface area contributed by atoms with E-state index in [2.05, 4.69) is 22.5 Å². The fourth-order valence-corrected chi connectivity index (χ4v) is 3.54. The van der Waals surface area contributed by atoms with E-state index in [-0.39, 0.29) is 11.7 Å². The van der Waals surface area contributed by atoms with Gasteiger partial charge in [0.1, 0.15) is 10.7 Å². The minimum atomic E-state index is 0.0753. The Bertz CT molecular complexity index is 865. The van der Waals surface area contributed by atoms with Gasteiger partial charge in [-0.1, -0.05) is 37.3 Å². The third-order valence-corrected chi connectivity index (χ3v) is 4.81. The summed E-state index contributed by atoms with van der Waals surface area (Å²) < 4.78 is 5.36. The second-order valence-corrected chi connectivity index (χ2v) is 7.06. The Morgan fingerprint density at radius 1 is 1.26 bits per heavy atom. The number of allylic oxidation sites excluding steroid dienone is 1. The molecule has 1 atom stereocenters. The molecular weight excluding hydrogens is 358 g/mol. The standard InChI is InChI=1S/C21H23N3O2S/c1-14-10-17(23-12-15-8-9-22-13-19(15)26-2)20(18(25)11-14)21(27)24-16-6-4-3-5-7-16/h3-9,13-14,23H,10-12H2,1-2H3,(H,24,27). The summed E-state index contributed by atoms with van der Waals surface area (Å²) >= 11 is 5.56. The minimum absolute atomic E-state index is 0.0753. The molecule has 0 fully saturated rings. The number of pyridine rings is 1. The topological polar surface area (TPSA) is 63.2 Å². The molecule has 1 heterocycles. The SMILES string of the molecule is COc1cnccc1CNC1=C(C(=S)Nc2ccccc2)C(=O)CC(C)C1. The fourth-order valence-electron chi connectivity index (χ4n) is 3.19. The molecule has 1 aliphatic rings. The van der Waals surface area contributed by atoms with Crippen LogP contribution in [-0.4, -0.2) is 22.9 Å². The third-order valence-electron chi connectivity index (χ3n) is 4.51. The number of para-hydroxylation sites is 1. The molecule has 0 saturated carbocycles. The van der Waals surface area contributed by atoms with Crippen molar-refractivity contribution in [1.29, 1.82) is 0 Å². The first-order chi connectivity index (χ1) is 13.1. The lowest BCUT2D eigenvalue weighted by atomic mass is 9.87. The Morgan fingerprint density at radius 3 is 2.78 bits per heavy atom. The predicted octanol–water partition coefficient (Wildman–Crippen LogP) is 3.87. The molecule has 1 aromatic heterocycles. The van der Waals surface area contributed by atoms with Gasteiger partial charge < -0.3 is 15.4 Å². The van der Waals surface area contributed by atoms with Crippen LogP contribution in [0.2, 0.25) is 0 Å². The van der Waals surface area contributed by atoms with Crippen LogP contribution in [0.3, 0.4) is 0 Å². The van der Waals surface area contributed by atoms with Gasteiger partial charge in [-0.3, -0.25) is 9.78 Å². The highest BCUT2D eigenvalue weighted by atomic mass is 32.1. The van der Waals surface area contributed by atoms with Crippen molar-refractivity contribution < 1.29 is 9.53 Å². The number of benzene rings is 1. The lowest BCUT2D eigenvalue weighted by Crippen LogP contribution is -2.31. The first-order valence-corrected chi connectivity index (χ1v) is 9.32. The number of hydrogen-bond acceptors (Lipinski definition) is 5. The van der Waals surface area contributed by atoms with Crippen LogP contribution in [0.25, 0.3) is 0 Å². The number of ketones is 1. The average molecular weight is 382 g/mol. The van der Waals surface area contributed by atoms with Gasteiger partial charge in [-0.25, -0.2) is 0 Å². The number of aromatic nitrogens is 1. The molecule has 27 heavy (non-hydrogen) atoms. The lowest BCUT2D eigenvalue weighted by Gasteiger charge is -2.26. The van der Waals surface area contributed by atoms with E-state index in [1.807, 2.05) is 36.4 Å². The zero-order valence-electron chi connectivity index (χ0n) is 15.5. The average Bonchev–Trinajstić information content (AvgIpc) is 2.66. The summed E-state index contributed by atoms with van der Waals surface area (Å²) in [5, 5.41) is 6.60. The van der Waals surface area contributed by atoms with Crippen molar-refractivity contribution in [2.75, 3.05) is 12.4 Å². The van der Waals surface area contributed by atoms with Crippen LogP contribution in [0.5, 0.6) is 5.75 Å². The van der Waals surface area contributed by atoms with Crippen LogP contribution in [-0.2, 0) is 11.3 Å². The summed E-state index contributed by atoms with van der Waals surface area (Å²) in [5.74, 6) is 1.07. The van der Waals surface area contributed by atoms with Crippen molar-refractivity contribution in [3.8, 4) is 5.75 Å². The number of carbonyl (C=O) groups is 1. The highest BCUT2D eigenvalue weighted by Crippen LogP contribution is 2.27. The van der Waals surface area contributed by atoms with Gasteiger partial charge in [0.15, 0.2) is 5.78 Å². The zero-order valence-corrected chi connectivity index (χ0v) is 16.3. The van der Waals surface area contributed by atoms with Crippen LogP contribution < -0.4 is 15.4 Å². The third kappa shape index (κ3) is 4.71. The van der Waals surface area contributed by atoms with Crippen molar-refractivity contribution in [2.45, 2.75) is 26.3 Å². The number of nitrogens with zero attached hydrogens (tertiary/aromatic N) is 1. The van der Waals surface area contributed by atoms with Crippen LogP contribution in [0.4, 0.5) is 5.69 Å². The second kappa shape index (κ2) is 8.77. The summed E-state index contributed by atoms with van der Waals surface area (Å²) in [6.45, 7) is 2.62. The first kappa shape index (κ1) is 19.0. The van der Waals surface area contributed by atoms with E-state index in [0.717, 1.165) is 23.4 Å². The van der Waals surface area contributed by atoms with Gasteiger partial charge in [0, 0.05) is 36.1 Å². The fraction of sp³-hybridized carbons (Fsp3) is 0.286. The van der Waals surface area contributed by atoms with Gasteiger partial charge in [0.2, 0.25) is 0 Å². The Morgan fingerprint density at radius 2 is 2.04 bits per heavy atom. The molecule has 0 aliphatic heterocycles. The number of carbonyl (C=O) groups excluding carboxylic acids is 1. The lowest BCUT2D eigenvalue weighted by molar-refractivity contribution is -0.116. The second-order valence-electron chi connectivity index (χ2n) is 6.65. The van der Waals surface area contributed by atoms with Gasteiger partial charge in [0.25, 0.3) is 0 Å². The highest BCUT2D eigenvalue weighted by molar-refractivity contribution is 7.81.